The smallest absolute Gasteiger partial charge is 0.235 e. The first kappa shape index (κ1) is 29.1. The number of fused-ring (bicyclic) bond motifs is 9. The molecule has 0 radical (unpaired) electrons. The van der Waals surface area contributed by atoms with Crippen LogP contribution in [0.5, 0.6) is 0 Å². The van der Waals surface area contributed by atoms with Crippen LogP contribution in [0.25, 0.3) is 103 Å². The van der Waals surface area contributed by atoms with Gasteiger partial charge in [0, 0.05) is 41.9 Å². The molecule has 4 heteroatoms. The van der Waals surface area contributed by atoms with Crippen LogP contribution in [0.1, 0.15) is 0 Å². The van der Waals surface area contributed by atoms with Crippen molar-refractivity contribution in [3.05, 3.63) is 176 Å². The van der Waals surface area contributed by atoms with Gasteiger partial charge in [-0.1, -0.05) is 146 Å². The molecular weight excluding hydrogens is 651 g/mol. The zero-order valence-electron chi connectivity index (χ0n) is 28.0. The second kappa shape index (κ2) is 11.5. The highest BCUT2D eigenvalue weighted by atomic mass is 32.1. The fourth-order valence-corrected chi connectivity index (χ4v) is 9.22. The first-order valence-corrected chi connectivity index (χ1v) is 18.4. The van der Waals surface area contributed by atoms with E-state index in [2.05, 4.69) is 168 Å². The molecule has 0 unspecified atom stereocenters. The van der Waals surface area contributed by atoms with E-state index in [0.717, 1.165) is 33.2 Å². The Morgan fingerprint density at radius 1 is 0.423 bits per heavy atom. The van der Waals surface area contributed by atoms with E-state index >= 15 is 0 Å². The zero-order chi connectivity index (χ0) is 34.2. The highest BCUT2D eigenvalue weighted by molar-refractivity contribution is 7.26. The van der Waals surface area contributed by atoms with Crippen molar-refractivity contribution in [3.8, 4) is 39.5 Å². The van der Waals surface area contributed by atoms with E-state index in [9.17, 15) is 0 Å². The normalized spacial score (nSPS) is 11.8. The largest absolute Gasteiger partial charge is 0.278 e. The van der Waals surface area contributed by atoms with Crippen LogP contribution < -0.4 is 0 Å². The molecule has 0 N–H and O–H groups in total. The van der Waals surface area contributed by atoms with Crippen molar-refractivity contribution in [2.75, 3.05) is 0 Å². The third-order valence-electron chi connectivity index (χ3n) is 10.4. The van der Waals surface area contributed by atoms with E-state index in [0.29, 0.717) is 5.95 Å². The molecule has 0 aliphatic heterocycles. The van der Waals surface area contributed by atoms with Gasteiger partial charge in [0.05, 0.1) is 22.2 Å². The number of hydrogen-bond acceptors (Lipinski definition) is 3. The predicted octanol–water partition coefficient (Wildman–Crippen LogP) is 13.2. The summed E-state index contributed by atoms with van der Waals surface area (Å²) in [5, 5.41) is 8.51. The third-order valence-corrected chi connectivity index (χ3v) is 11.6. The van der Waals surface area contributed by atoms with Gasteiger partial charge in [0.2, 0.25) is 5.95 Å². The SMILES string of the molecule is c1ccc(-c2nc(-n3c4ccccc4c4c5cc(-c6ccc(-c7cccc8c7sc7ccccc78)cc6)ccc5ccc43)nc3ccccc23)cc1. The van der Waals surface area contributed by atoms with Gasteiger partial charge in [-0.05, 0) is 63.4 Å². The van der Waals surface area contributed by atoms with Crippen LogP contribution in [0, 0.1) is 0 Å². The molecule has 3 nitrogen and oxygen atoms in total. The average molecular weight is 680 g/mol. The summed E-state index contributed by atoms with van der Waals surface area (Å²) >= 11 is 1.88. The van der Waals surface area contributed by atoms with Gasteiger partial charge in [-0.2, -0.15) is 0 Å². The Kier molecular flexibility index (Phi) is 6.42. The summed E-state index contributed by atoms with van der Waals surface area (Å²) in [5.41, 5.74) is 10.0. The van der Waals surface area contributed by atoms with Crippen LogP contribution in [0.3, 0.4) is 0 Å². The molecule has 3 aromatic heterocycles. The van der Waals surface area contributed by atoms with Gasteiger partial charge in [-0.25, -0.2) is 9.97 Å². The second-order valence-electron chi connectivity index (χ2n) is 13.4. The summed E-state index contributed by atoms with van der Waals surface area (Å²) in [5.74, 6) is 0.670. The average Bonchev–Trinajstić information content (AvgIpc) is 3.77. The molecular formula is C48H29N3S. The van der Waals surface area contributed by atoms with E-state index in [1.165, 1.54) is 64.0 Å². The van der Waals surface area contributed by atoms with Gasteiger partial charge in [0.25, 0.3) is 0 Å². The molecule has 0 saturated carbocycles. The topological polar surface area (TPSA) is 30.7 Å². The Balaban J connectivity index is 1.08. The van der Waals surface area contributed by atoms with Crippen molar-refractivity contribution < 1.29 is 0 Å². The van der Waals surface area contributed by atoms with Crippen molar-refractivity contribution in [2.24, 2.45) is 0 Å². The van der Waals surface area contributed by atoms with Gasteiger partial charge in [0.15, 0.2) is 0 Å². The molecule has 0 aliphatic rings. The summed E-state index contributed by atoms with van der Waals surface area (Å²) in [4.78, 5) is 10.4. The number of hydrogen-bond donors (Lipinski definition) is 0. The van der Waals surface area contributed by atoms with E-state index in [1.807, 2.05) is 23.5 Å². The van der Waals surface area contributed by atoms with Crippen LogP contribution in [0.4, 0.5) is 0 Å². The monoisotopic (exact) mass is 679 g/mol. The van der Waals surface area contributed by atoms with Gasteiger partial charge < -0.3 is 0 Å². The van der Waals surface area contributed by atoms with Crippen LogP contribution in [-0.4, -0.2) is 14.5 Å². The quantitative estimate of drug-likeness (QED) is 0.185. The summed E-state index contributed by atoms with van der Waals surface area (Å²) < 4.78 is 4.90. The molecule has 3 heterocycles. The van der Waals surface area contributed by atoms with Crippen LogP contribution in [-0.2, 0) is 0 Å². The number of aromatic nitrogens is 3. The Hall–Kier alpha value is -6.62. The summed E-state index contributed by atoms with van der Waals surface area (Å²) in [6.07, 6.45) is 0. The van der Waals surface area contributed by atoms with Crippen molar-refractivity contribution in [1.82, 2.24) is 14.5 Å². The molecule has 11 aromatic rings. The lowest BCUT2D eigenvalue weighted by Gasteiger charge is -2.12. The van der Waals surface area contributed by atoms with E-state index in [1.54, 1.807) is 0 Å². The number of thiophene rings is 1. The van der Waals surface area contributed by atoms with Gasteiger partial charge in [-0.3, -0.25) is 4.57 Å². The molecule has 0 saturated heterocycles. The maximum atomic E-state index is 5.28. The van der Waals surface area contributed by atoms with Crippen LogP contribution in [0.2, 0.25) is 0 Å². The highest BCUT2D eigenvalue weighted by Crippen LogP contribution is 2.41. The van der Waals surface area contributed by atoms with Gasteiger partial charge in [-0.15, -0.1) is 11.3 Å². The number of nitrogens with zero attached hydrogens (tertiary/aromatic N) is 3. The lowest BCUT2D eigenvalue weighted by molar-refractivity contribution is 1.01. The number of rotatable bonds is 4. The van der Waals surface area contributed by atoms with E-state index < -0.39 is 0 Å². The fourth-order valence-electron chi connectivity index (χ4n) is 7.98. The summed E-state index contributed by atoms with van der Waals surface area (Å²) in [6.45, 7) is 0. The predicted molar refractivity (Wildman–Crippen MR) is 221 cm³/mol. The molecule has 0 spiro atoms. The van der Waals surface area contributed by atoms with Crippen molar-refractivity contribution in [1.29, 1.82) is 0 Å². The molecule has 0 amide bonds. The highest BCUT2D eigenvalue weighted by Gasteiger charge is 2.19. The minimum atomic E-state index is 0.670. The van der Waals surface area contributed by atoms with E-state index in [-0.39, 0.29) is 0 Å². The van der Waals surface area contributed by atoms with Gasteiger partial charge >= 0.3 is 0 Å². The van der Waals surface area contributed by atoms with Crippen LogP contribution in [0.15, 0.2) is 176 Å². The summed E-state index contributed by atoms with van der Waals surface area (Å²) in [7, 11) is 0. The molecule has 8 aromatic carbocycles. The molecule has 0 bridgehead atoms. The molecule has 52 heavy (non-hydrogen) atoms. The maximum absolute atomic E-state index is 5.28. The fraction of sp³-hybridized carbons (Fsp3) is 0. The molecule has 0 atom stereocenters. The Bertz CT molecular complexity index is 3170. The number of benzene rings is 8. The maximum Gasteiger partial charge on any atom is 0.235 e. The van der Waals surface area contributed by atoms with Crippen molar-refractivity contribution in [2.45, 2.75) is 0 Å². The standard InChI is InChI=1S/C48H29N3S/c1-2-11-33(12-3-1)46-38-14-4-7-18-41(38)49-48(50-46)51-42-19-8-5-15-39(42)45-40-29-34(26-25-32(40)27-28-43(45)51)30-21-23-31(24-22-30)35-16-10-17-37-36-13-6-9-20-44(36)52-47(35)37/h1-29H. The van der Waals surface area contributed by atoms with E-state index in [4.69, 9.17) is 9.97 Å². The molecule has 242 valence electrons. The van der Waals surface area contributed by atoms with Crippen molar-refractivity contribution >= 4 is 75.0 Å². The van der Waals surface area contributed by atoms with Gasteiger partial charge in [0.1, 0.15) is 0 Å². The minimum Gasteiger partial charge on any atom is -0.278 e. The Morgan fingerprint density at radius 3 is 2.00 bits per heavy atom. The molecule has 0 aliphatic carbocycles. The second-order valence-corrected chi connectivity index (χ2v) is 14.4. The molecule has 0 fully saturated rings. The minimum absolute atomic E-state index is 0.670. The lowest BCUT2D eigenvalue weighted by Crippen LogP contribution is -2.03. The third kappa shape index (κ3) is 4.45. The zero-order valence-corrected chi connectivity index (χ0v) is 28.8. The Morgan fingerprint density at radius 2 is 1.12 bits per heavy atom. The van der Waals surface area contributed by atoms with Crippen LogP contribution >= 0.6 is 11.3 Å². The summed E-state index contributed by atoms with van der Waals surface area (Å²) in [6, 6.07) is 63.1. The number of para-hydroxylation sites is 2. The van der Waals surface area contributed by atoms with Crippen molar-refractivity contribution in [3.63, 3.8) is 0 Å². The first-order valence-electron chi connectivity index (χ1n) is 17.6. The molecule has 11 rings (SSSR count). The Labute approximate surface area is 303 Å². The first-order chi connectivity index (χ1) is 25.8. The lowest BCUT2D eigenvalue weighted by atomic mass is 9.96.